The topological polar surface area (TPSA) is 49.4 Å². The number of likely N-dealkylation sites (tertiary alicyclic amines) is 1. The number of anilines is 1. The summed E-state index contributed by atoms with van der Waals surface area (Å²) in [5, 5.41) is 0. The van der Waals surface area contributed by atoms with Crippen LogP contribution in [0.3, 0.4) is 0 Å². The molecule has 1 saturated heterocycles. The molecule has 2 atom stereocenters. The predicted molar refractivity (Wildman–Crippen MR) is 107 cm³/mol. The summed E-state index contributed by atoms with van der Waals surface area (Å²) < 4.78 is 25.6. The molecular formula is C20H34N2O2S. The van der Waals surface area contributed by atoms with Gasteiger partial charge in [0.05, 0.1) is 6.26 Å². The Balaban J connectivity index is 2.03. The van der Waals surface area contributed by atoms with Crippen molar-refractivity contribution in [1.29, 1.82) is 0 Å². The second kappa shape index (κ2) is 8.54. The predicted octanol–water partition coefficient (Wildman–Crippen LogP) is 4.24. The van der Waals surface area contributed by atoms with Crippen LogP contribution in [-0.4, -0.2) is 39.2 Å². The van der Waals surface area contributed by atoms with Gasteiger partial charge < -0.3 is 4.90 Å². The van der Waals surface area contributed by atoms with Crippen molar-refractivity contribution >= 4 is 15.7 Å². The first-order valence-corrected chi connectivity index (χ1v) is 11.4. The molecule has 1 aromatic carbocycles. The van der Waals surface area contributed by atoms with Gasteiger partial charge in [-0.2, -0.15) is 0 Å². The van der Waals surface area contributed by atoms with Crippen LogP contribution >= 0.6 is 0 Å². The zero-order chi connectivity index (χ0) is 18.5. The van der Waals surface area contributed by atoms with E-state index in [2.05, 4.69) is 36.5 Å². The first kappa shape index (κ1) is 20.2. The summed E-state index contributed by atoms with van der Waals surface area (Å²) in [6, 6.07) is 7.93. The molecule has 4 nitrogen and oxygen atoms in total. The molecule has 25 heavy (non-hydrogen) atoms. The Labute approximate surface area is 154 Å². The van der Waals surface area contributed by atoms with E-state index < -0.39 is 10.0 Å². The smallest absolute Gasteiger partial charge is 0.229 e. The second-order valence-corrected chi connectivity index (χ2v) is 9.63. The van der Waals surface area contributed by atoms with Gasteiger partial charge in [-0.15, -0.1) is 0 Å². The molecule has 1 aliphatic rings. The SMILES string of the molecule is CCCCCCN1CCC(C)(c2cccc(NS(C)(=O)=O)c2)C(C)C1. The average Bonchev–Trinajstić information content (AvgIpc) is 2.53. The van der Waals surface area contributed by atoms with E-state index in [1.165, 1.54) is 44.0 Å². The van der Waals surface area contributed by atoms with Crippen molar-refractivity contribution in [2.45, 2.75) is 58.3 Å². The zero-order valence-corrected chi connectivity index (χ0v) is 17.0. The Morgan fingerprint density at radius 1 is 1.28 bits per heavy atom. The summed E-state index contributed by atoms with van der Waals surface area (Å²) in [5.41, 5.74) is 1.99. The molecule has 2 rings (SSSR count). The molecule has 1 N–H and O–H groups in total. The summed E-state index contributed by atoms with van der Waals surface area (Å²) in [6.07, 6.45) is 7.56. The number of nitrogens with one attached hydrogen (secondary N) is 1. The summed E-state index contributed by atoms with van der Waals surface area (Å²) in [5.74, 6) is 0.543. The van der Waals surface area contributed by atoms with Gasteiger partial charge in [0, 0.05) is 12.2 Å². The minimum Gasteiger partial charge on any atom is -0.303 e. The molecule has 5 heteroatoms. The number of sulfonamides is 1. The second-order valence-electron chi connectivity index (χ2n) is 7.88. The third kappa shape index (κ3) is 5.71. The lowest BCUT2D eigenvalue weighted by Gasteiger charge is -2.45. The lowest BCUT2D eigenvalue weighted by atomic mass is 9.68. The van der Waals surface area contributed by atoms with Crippen LogP contribution in [0.25, 0.3) is 0 Å². The Morgan fingerprint density at radius 3 is 2.68 bits per heavy atom. The quantitative estimate of drug-likeness (QED) is 0.700. The maximum Gasteiger partial charge on any atom is 0.229 e. The molecule has 1 aromatic rings. The van der Waals surface area contributed by atoms with E-state index in [4.69, 9.17) is 0 Å². The molecule has 1 heterocycles. The van der Waals surface area contributed by atoms with E-state index >= 15 is 0 Å². The minimum atomic E-state index is -3.24. The number of nitrogens with zero attached hydrogens (tertiary/aromatic N) is 1. The molecule has 0 saturated carbocycles. The average molecular weight is 367 g/mol. The molecule has 0 aliphatic carbocycles. The van der Waals surface area contributed by atoms with Gasteiger partial charge in [-0.1, -0.05) is 52.2 Å². The number of hydrogen-bond acceptors (Lipinski definition) is 3. The molecule has 0 bridgehead atoms. The third-order valence-electron chi connectivity index (χ3n) is 5.72. The van der Waals surface area contributed by atoms with E-state index in [1.54, 1.807) is 0 Å². The first-order chi connectivity index (χ1) is 11.7. The molecule has 0 aromatic heterocycles. The Morgan fingerprint density at radius 2 is 2.04 bits per heavy atom. The molecule has 2 unspecified atom stereocenters. The molecular weight excluding hydrogens is 332 g/mol. The van der Waals surface area contributed by atoms with Gasteiger partial charge >= 0.3 is 0 Å². The summed E-state index contributed by atoms with van der Waals surface area (Å²) in [4.78, 5) is 2.60. The Hall–Kier alpha value is -1.07. The highest BCUT2D eigenvalue weighted by Crippen LogP contribution is 2.40. The molecule has 0 spiro atoms. The Bertz CT molecular complexity index is 659. The fraction of sp³-hybridized carbons (Fsp3) is 0.700. The largest absolute Gasteiger partial charge is 0.303 e. The van der Waals surface area contributed by atoms with Crippen molar-refractivity contribution in [2.24, 2.45) is 5.92 Å². The molecule has 0 amide bonds. The fourth-order valence-corrected chi connectivity index (χ4v) is 4.42. The van der Waals surface area contributed by atoms with Gasteiger partial charge in [0.1, 0.15) is 0 Å². The van der Waals surface area contributed by atoms with Crippen molar-refractivity contribution in [3.63, 3.8) is 0 Å². The first-order valence-electron chi connectivity index (χ1n) is 9.55. The Kier molecular flexibility index (Phi) is 6.92. The van der Waals surface area contributed by atoms with Gasteiger partial charge in [-0.25, -0.2) is 8.42 Å². The van der Waals surface area contributed by atoms with Crippen LogP contribution in [0.4, 0.5) is 5.69 Å². The van der Waals surface area contributed by atoms with Crippen molar-refractivity contribution in [3.8, 4) is 0 Å². The van der Waals surface area contributed by atoms with Crippen molar-refractivity contribution in [2.75, 3.05) is 30.6 Å². The number of piperidine rings is 1. The lowest BCUT2D eigenvalue weighted by Crippen LogP contribution is -2.47. The van der Waals surface area contributed by atoms with E-state index in [9.17, 15) is 8.42 Å². The summed E-state index contributed by atoms with van der Waals surface area (Å²) >= 11 is 0. The van der Waals surface area contributed by atoms with Gasteiger partial charge in [-0.05, 0) is 55.0 Å². The monoisotopic (exact) mass is 366 g/mol. The number of unbranched alkanes of at least 4 members (excludes halogenated alkanes) is 3. The van der Waals surface area contributed by atoms with E-state index in [0.29, 0.717) is 11.6 Å². The highest BCUT2D eigenvalue weighted by molar-refractivity contribution is 7.92. The standard InChI is InChI=1S/C20H34N2O2S/c1-5-6-7-8-13-22-14-12-20(3,17(2)16-22)18-10-9-11-19(15-18)21-25(4,23)24/h9-11,15,17,21H,5-8,12-14,16H2,1-4H3. The number of hydrogen-bond donors (Lipinski definition) is 1. The van der Waals surface area contributed by atoms with E-state index in [-0.39, 0.29) is 5.41 Å². The van der Waals surface area contributed by atoms with Crippen molar-refractivity contribution < 1.29 is 8.42 Å². The van der Waals surface area contributed by atoms with E-state index in [1.807, 2.05) is 18.2 Å². The molecule has 142 valence electrons. The highest BCUT2D eigenvalue weighted by Gasteiger charge is 2.37. The van der Waals surface area contributed by atoms with Gasteiger partial charge in [0.2, 0.25) is 10.0 Å². The normalized spacial score (nSPS) is 25.0. The van der Waals surface area contributed by atoms with Crippen molar-refractivity contribution in [1.82, 2.24) is 4.90 Å². The molecule has 0 radical (unpaired) electrons. The zero-order valence-electron chi connectivity index (χ0n) is 16.2. The maximum absolute atomic E-state index is 11.5. The molecule has 1 aliphatic heterocycles. The lowest BCUT2D eigenvalue weighted by molar-refractivity contribution is 0.109. The summed E-state index contributed by atoms with van der Waals surface area (Å²) in [7, 11) is -3.24. The van der Waals surface area contributed by atoms with Crippen LogP contribution < -0.4 is 4.72 Å². The van der Waals surface area contributed by atoms with Crippen LogP contribution in [0.2, 0.25) is 0 Å². The molecule has 1 fully saturated rings. The maximum atomic E-state index is 11.5. The summed E-state index contributed by atoms with van der Waals surface area (Å²) in [6.45, 7) is 10.3. The van der Waals surface area contributed by atoms with Crippen LogP contribution in [0.1, 0.15) is 58.4 Å². The van der Waals surface area contributed by atoms with E-state index in [0.717, 1.165) is 19.5 Å². The van der Waals surface area contributed by atoms with Crippen LogP contribution in [0.15, 0.2) is 24.3 Å². The van der Waals surface area contributed by atoms with Crippen molar-refractivity contribution in [3.05, 3.63) is 29.8 Å². The van der Waals surface area contributed by atoms with Gasteiger partial charge in [0.25, 0.3) is 0 Å². The minimum absolute atomic E-state index is 0.0924. The van der Waals surface area contributed by atoms with Crippen LogP contribution in [0, 0.1) is 5.92 Å². The van der Waals surface area contributed by atoms with Crippen LogP contribution in [-0.2, 0) is 15.4 Å². The fourth-order valence-electron chi connectivity index (χ4n) is 3.86. The number of rotatable bonds is 8. The highest BCUT2D eigenvalue weighted by atomic mass is 32.2. The number of benzene rings is 1. The van der Waals surface area contributed by atoms with Gasteiger partial charge in [0.15, 0.2) is 0 Å². The van der Waals surface area contributed by atoms with Gasteiger partial charge in [-0.3, -0.25) is 4.72 Å². The van der Waals surface area contributed by atoms with Crippen LogP contribution in [0.5, 0.6) is 0 Å². The third-order valence-corrected chi connectivity index (χ3v) is 6.33.